The van der Waals surface area contributed by atoms with Crippen LogP contribution in [-0.4, -0.2) is 29.3 Å². The maximum absolute atomic E-state index is 12.5. The van der Waals surface area contributed by atoms with E-state index in [2.05, 4.69) is 20.8 Å². The van der Waals surface area contributed by atoms with Gasteiger partial charge in [0.15, 0.2) is 5.82 Å². The molecule has 0 aliphatic heterocycles. The predicted molar refractivity (Wildman–Crippen MR) is 93.3 cm³/mol. The molecule has 27 heavy (non-hydrogen) atoms. The number of aryl methyl sites for hydroxylation is 1. The fraction of sp³-hybridized carbons (Fsp3) is 0.500. The van der Waals surface area contributed by atoms with Crippen molar-refractivity contribution < 1.29 is 22.5 Å². The Morgan fingerprint density at radius 3 is 2.37 bits per heavy atom. The van der Waals surface area contributed by atoms with Gasteiger partial charge >= 0.3 is 12.2 Å². The van der Waals surface area contributed by atoms with Gasteiger partial charge in [0.1, 0.15) is 0 Å². The number of urea groups is 1. The normalized spacial score (nSPS) is 11.6. The van der Waals surface area contributed by atoms with Gasteiger partial charge in [0.25, 0.3) is 0 Å². The summed E-state index contributed by atoms with van der Waals surface area (Å²) in [6, 6.07) is 4.58. The molecule has 1 heterocycles. The van der Waals surface area contributed by atoms with E-state index in [4.69, 9.17) is 4.52 Å². The molecule has 6 nitrogen and oxygen atoms in total. The highest BCUT2D eigenvalue weighted by atomic mass is 19.4. The zero-order valence-corrected chi connectivity index (χ0v) is 15.3. The molecule has 2 amide bonds. The molecule has 1 aromatic heterocycles. The first-order valence-electron chi connectivity index (χ1n) is 8.76. The van der Waals surface area contributed by atoms with Gasteiger partial charge in [0.05, 0.1) is 5.56 Å². The summed E-state index contributed by atoms with van der Waals surface area (Å²) in [6.45, 7) is 4.74. The molecule has 0 bridgehead atoms. The van der Waals surface area contributed by atoms with Crippen LogP contribution in [0.2, 0.25) is 0 Å². The number of hydrogen-bond donors (Lipinski definition) is 2. The molecule has 0 unspecified atom stereocenters. The first-order valence-corrected chi connectivity index (χ1v) is 8.76. The zero-order valence-electron chi connectivity index (χ0n) is 15.3. The second kappa shape index (κ2) is 9.38. The lowest BCUT2D eigenvalue weighted by Crippen LogP contribution is -2.37. The number of alkyl halides is 3. The Bertz CT molecular complexity index is 727. The van der Waals surface area contributed by atoms with Crippen molar-refractivity contribution in [2.24, 2.45) is 0 Å². The summed E-state index contributed by atoms with van der Waals surface area (Å²) in [7, 11) is 0. The minimum Gasteiger partial charge on any atom is -0.339 e. The van der Waals surface area contributed by atoms with Crippen molar-refractivity contribution in [1.82, 2.24) is 20.8 Å². The van der Waals surface area contributed by atoms with Gasteiger partial charge in [-0.25, -0.2) is 4.79 Å². The lowest BCUT2D eigenvalue weighted by molar-refractivity contribution is -0.137. The van der Waals surface area contributed by atoms with Crippen LogP contribution in [-0.2, 0) is 19.0 Å². The van der Waals surface area contributed by atoms with E-state index in [9.17, 15) is 18.0 Å². The fourth-order valence-electron chi connectivity index (χ4n) is 2.29. The van der Waals surface area contributed by atoms with Gasteiger partial charge in [0.2, 0.25) is 5.89 Å². The summed E-state index contributed by atoms with van der Waals surface area (Å²) in [5.41, 5.74) is 0.0411. The molecular weight excluding hydrogens is 361 g/mol. The van der Waals surface area contributed by atoms with Gasteiger partial charge < -0.3 is 15.2 Å². The number of nitrogens with zero attached hydrogens (tertiary/aromatic N) is 2. The molecule has 0 radical (unpaired) electrons. The monoisotopic (exact) mass is 384 g/mol. The average Bonchev–Trinajstić information content (AvgIpc) is 3.08. The molecular formula is C18H23F3N4O2. The largest absolute Gasteiger partial charge is 0.416 e. The molecule has 0 atom stereocenters. The van der Waals surface area contributed by atoms with Gasteiger partial charge in [-0.3, -0.25) is 0 Å². The number of halogens is 3. The molecule has 0 saturated carbocycles. The molecule has 1 aromatic carbocycles. The van der Waals surface area contributed by atoms with Gasteiger partial charge in [-0.2, -0.15) is 18.2 Å². The summed E-state index contributed by atoms with van der Waals surface area (Å²) in [6.07, 6.45) is -2.66. The highest BCUT2D eigenvalue weighted by molar-refractivity contribution is 5.73. The first kappa shape index (κ1) is 20.7. The van der Waals surface area contributed by atoms with Gasteiger partial charge in [-0.15, -0.1) is 0 Å². The molecule has 2 N–H and O–H groups in total. The first-order chi connectivity index (χ1) is 12.8. The van der Waals surface area contributed by atoms with Gasteiger partial charge in [-0.05, 0) is 30.5 Å². The number of carbonyl (C=O) groups is 1. The van der Waals surface area contributed by atoms with Crippen LogP contribution in [0.15, 0.2) is 28.8 Å². The van der Waals surface area contributed by atoms with E-state index in [1.165, 1.54) is 12.1 Å². The molecule has 148 valence electrons. The maximum atomic E-state index is 12.5. The van der Waals surface area contributed by atoms with Crippen molar-refractivity contribution in [3.05, 3.63) is 47.1 Å². The van der Waals surface area contributed by atoms with E-state index < -0.39 is 11.7 Å². The SMILES string of the molecule is CC(C)c1noc(CCCNC(=O)NCCc2ccc(C(F)(F)F)cc2)n1. The number of benzene rings is 1. The smallest absolute Gasteiger partial charge is 0.339 e. The Labute approximate surface area is 155 Å². The third-order valence-corrected chi connectivity index (χ3v) is 3.83. The Hall–Kier alpha value is -2.58. The van der Waals surface area contributed by atoms with Crippen LogP contribution in [0.3, 0.4) is 0 Å². The Kier molecular flexibility index (Phi) is 7.20. The van der Waals surface area contributed by atoms with Crippen molar-refractivity contribution in [2.45, 2.75) is 45.2 Å². The van der Waals surface area contributed by atoms with Crippen LogP contribution in [0.1, 0.15) is 49.0 Å². The average molecular weight is 384 g/mol. The molecule has 0 fully saturated rings. The van der Waals surface area contributed by atoms with Crippen LogP contribution >= 0.6 is 0 Å². The zero-order chi connectivity index (χ0) is 19.9. The number of amides is 2. The lowest BCUT2D eigenvalue weighted by Gasteiger charge is -2.09. The summed E-state index contributed by atoms with van der Waals surface area (Å²) in [4.78, 5) is 16.0. The number of hydrogen-bond acceptors (Lipinski definition) is 4. The molecule has 9 heteroatoms. The molecule has 0 saturated heterocycles. The van der Waals surface area contributed by atoms with E-state index in [1.54, 1.807) is 0 Å². The molecule has 2 aromatic rings. The third-order valence-electron chi connectivity index (χ3n) is 3.83. The second-order valence-corrected chi connectivity index (χ2v) is 6.43. The molecule has 0 spiro atoms. The third kappa shape index (κ3) is 6.92. The maximum Gasteiger partial charge on any atom is 0.416 e. The van der Waals surface area contributed by atoms with E-state index in [0.29, 0.717) is 44.1 Å². The lowest BCUT2D eigenvalue weighted by atomic mass is 10.1. The van der Waals surface area contributed by atoms with Crippen LogP contribution in [0, 0.1) is 0 Å². The Morgan fingerprint density at radius 1 is 1.11 bits per heavy atom. The van der Waals surface area contributed by atoms with E-state index >= 15 is 0 Å². The number of aromatic nitrogens is 2. The molecule has 2 rings (SSSR count). The topological polar surface area (TPSA) is 80.0 Å². The molecule has 0 aliphatic rings. The highest BCUT2D eigenvalue weighted by Gasteiger charge is 2.29. The Morgan fingerprint density at radius 2 is 1.78 bits per heavy atom. The van der Waals surface area contributed by atoms with Crippen LogP contribution in [0.25, 0.3) is 0 Å². The number of nitrogens with one attached hydrogen (secondary N) is 2. The molecule has 0 aliphatic carbocycles. The summed E-state index contributed by atoms with van der Waals surface area (Å²) >= 11 is 0. The second-order valence-electron chi connectivity index (χ2n) is 6.43. The summed E-state index contributed by atoms with van der Waals surface area (Å²) in [5.74, 6) is 1.42. The fourth-order valence-corrected chi connectivity index (χ4v) is 2.29. The predicted octanol–water partition coefficient (Wildman–Crippen LogP) is 3.69. The van der Waals surface area contributed by atoms with Crippen molar-refractivity contribution in [1.29, 1.82) is 0 Å². The van der Waals surface area contributed by atoms with Crippen molar-refractivity contribution >= 4 is 6.03 Å². The standard InChI is InChI=1S/C18H23F3N4O2/c1-12(2)16-24-15(27-25-16)4-3-10-22-17(26)23-11-9-13-5-7-14(8-6-13)18(19,20)21/h5-8,12H,3-4,9-11H2,1-2H3,(H2,22,23,26). The van der Waals surface area contributed by atoms with Gasteiger partial charge in [-0.1, -0.05) is 31.1 Å². The summed E-state index contributed by atoms with van der Waals surface area (Å²) < 4.78 is 42.6. The Balaban J connectivity index is 1.60. The number of rotatable bonds is 8. The van der Waals surface area contributed by atoms with Gasteiger partial charge in [0, 0.05) is 25.4 Å². The van der Waals surface area contributed by atoms with E-state index in [1.807, 2.05) is 13.8 Å². The van der Waals surface area contributed by atoms with Crippen molar-refractivity contribution in [2.75, 3.05) is 13.1 Å². The minimum atomic E-state index is -4.34. The quantitative estimate of drug-likeness (QED) is 0.681. The number of carbonyl (C=O) groups excluding carboxylic acids is 1. The van der Waals surface area contributed by atoms with Crippen LogP contribution in [0.5, 0.6) is 0 Å². The van der Waals surface area contributed by atoms with E-state index in [-0.39, 0.29) is 11.9 Å². The van der Waals surface area contributed by atoms with Crippen LogP contribution in [0.4, 0.5) is 18.0 Å². The highest BCUT2D eigenvalue weighted by Crippen LogP contribution is 2.29. The van der Waals surface area contributed by atoms with E-state index in [0.717, 1.165) is 17.7 Å². The summed E-state index contributed by atoms with van der Waals surface area (Å²) in [5, 5.41) is 9.25. The van der Waals surface area contributed by atoms with Crippen molar-refractivity contribution in [3.8, 4) is 0 Å². The minimum absolute atomic E-state index is 0.205. The van der Waals surface area contributed by atoms with Crippen LogP contribution < -0.4 is 10.6 Å². The van der Waals surface area contributed by atoms with Crippen molar-refractivity contribution in [3.63, 3.8) is 0 Å².